The van der Waals surface area contributed by atoms with Crippen LogP contribution in [0.2, 0.25) is 0 Å². The monoisotopic (exact) mass is 345 g/mol. The number of rotatable bonds is 5. The highest BCUT2D eigenvalue weighted by Gasteiger charge is 2.29. The zero-order valence-corrected chi connectivity index (χ0v) is 13.2. The lowest BCUT2D eigenvalue weighted by atomic mass is 10.2. The first-order chi connectivity index (χ1) is 10.8. The van der Waals surface area contributed by atoms with E-state index in [1.807, 2.05) is 6.92 Å². The molecule has 2 aromatic rings. The van der Waals surface area contributed by atoms with E-state index in [-0.39, 0.29) is 11.4 Å². The number of hydrogen-bond acceptors (Lipinski definition) is 5. The maximum absolute atomic E-state index is 12.3. The first kappa shape index (κ1) is 17.2. The number of thiazole rings is 1. The Bertz CT molecular complexity index is 688. The minimum Gasteiger partial charge on any atom is -0.482 e. The lowest BCUT2D eigenvalue weighted by molar-refractivity contribution is -0.153. The molecule has 1 atom stereocenters. The zero-order valence-electron chi connectivity index (χ0n) is 12.3. The molecule has 23 heavy (non-hydrogen) atoms. The van der Waals surface area contributed by atoms with Crippen LogP contribution in [0, 0.1) is 6.92 Å². The predicted molar refractivity (Wildman–Crippen MR) is 78.5 cm³/mol. The number of halogens is 3. The Morgan fingerprint density at radius 3 is 2.83 bits per heavy atom. The van der Waals surface area contributed by atoms with Crippen LogP contribution in [0.5, 0.6) is 5.75 Å². The Morgan fingerprint density at radius 1 is 1.48 bits per heavy atom. The Labute approximate surface area is 134 Å². The Kier molecular flexibility index (Phi) is 5.19. The van der Waals surface area contributed by atoms with Gasteiger partial charge in [0.2, 0.25) is 0 Å². The summed E-state index contributed by atoms with van der Waals surface area (Å²) in [6.45, 7) is 2.08. The summed E-state index contributed by atoms with van der Waals surface area (Å²) in [6.07, 6.45) is -3.18. The van der Waals surface area contributed by atoms with Crippen molar-refractivity contribution in [3.05, 3.63) is 40.1 Å². The molecule has 2 heterocycles. The maximum atomic E-state index is 12.3. The largest absolute Gasteiger partial charge is 0.482 e. The molecule has 9 heteroatoms. The van der Waals surface area contributed by atoms with Crippen LogP contribution >= 0.6 is 11.3 Å². The van der Waals surface area contributed by atoms with Crippen molar-refractivity contribution in [3.8, 4) is 5.75 Å². The van der Waals surface area contributed by atoms with Crippen LogP contribution in [0.1, 0.15) is 34.2 Å². The fourth-order valence-electron chi connectivity index (χ4n) is 1.76. The number of amides is 1. The summed E-state index contributed by atoms with van der Waals surface area (Å²) in [5.74, 6) is -0.843. The number of alkyl halides is 3. The van der Waals surface area contributed by atoms with Crippen LogP contribution in [0.15, 0.2) is 23.7 Å². The lowest BCUT2D eigenvalue weighted by Gasteiger charge is -2.14. The molecule has 0 aromatic carbocycles. The molecule has 0 saturated carbocycles. The highest BCUT2D eigenvalue weighted by molar-refractivity contribution is 7.09. The van der Waals surface area contributed by atoms with Gasteiger partial charge in [-0.3, -0.25) is 4.79 Å². The summed E-state index contributed by atoms with van der Waals surface area (Å²) in [4.78, 5) is 20.3. The first-order valence-electron chi connectivity index (χ1n) is 6.63. The number of ether oxygens (including phenoxy) is 1. The minimum absolute atomic E-state index is 0.199. The topological polar surface area (TPSA) is 64.1 Å². The molecule has 2 rings (SSSR count). The van der Waals surface area contributed by atoms with Crippen molar-refractivity contribution in [2.45, 2.75) is 26.1 Å². The highest BCUT2D eigenvalue weighted by Crippen LogP contribution is 2.22. The van der Waals surface area contributed by atoms with Gasteiger partial charge < -0.3 is 10.1 Å². The highest BCUT2D eigenvalue weighted by atomic mass is 32.1. The Morgan fingerprint density at radius 2 is 2.22 bits per heavy atom. The van der Waals surface area contributed by atoms with Gasteiger partial charge in [-0.25, -0.2) is 9.97 Å². The zero-order chi connectivity index (χ0) is 17.0. The molecule has 2 aromatic heterocycles. The molecule has 1 N–H and O–H groups in total. The van der Waals surface area contributed by atoms with E-state index in [2.05, 4.69) is 20.0 Å². The van der Waals surface area contributed by atoms with Crippen molar-refractivity contribution in [2.75, 3.05) is 6.61 Å². The van der Waals surface area contributed by atoms with Gasteiger partial charge >= 0.3 is 6.18 Å². The number of aromatic nitrogens is 2. The van der Waals surface area contributed by atoms with E-state index in [1.54, 1.807) is 12.3 Å². The van der Waals surface area contributed by atoms with E-state index in [1.165, 1.54) is 29.7 Å². The Hall–Kier alpha value is -2.16. The molecule has 1 amide bonds. The van der Waals surface area contributed by atoms with E-state index in [0.717, 1.165) is 5.01 Å². The molecule has 5 nitrogen and oxygen atoms in total. The van der Waals surface area contributed by atoms with Crippen LogP contribution in [-0.2, 0) is 0 Å². The normalized spacial score (nSPS) is 12.7. The molecule has 0 fully saturated rings. The van der Waals surface area contributed by atoms with Crippen molar-refractivity contribution in [1.82, 2.24) is 15.3 Å². The second-order valence-electron chi connectivity index (χ2n) is 4.74. The third-order valence-corrected chi connectivity index (χ3v) is 3.60. The number of hydrogen-bond donors (Lipinski definition) is 1. The molecule has 0 spiro atoms. The summed E-state index contributed by atoms with van der Waals surface area (Å²) in [5.41, 5.74) is 0.477. The molecule has 124 valence electrons. The average Bonchev–Trinajstić information content (AvgIpc) is 2.91. The van der Waals surface area contributed by atoms with Crippen LogP contribution in [0.3, 0.4) is 0 Å². The molecule has 0 bridgehead atoms. The smallest absolute Gasteiger partial charge is 0.422 e. The summed E-state index contributed by atoms with van der Waals surface area (Å²) >= 11 is 1.44. The summed E-state index contributed by atoms with van der Waals surface area (Å²) in [5, 5.41) is 5.30. The van der Waals surface area contributed by atoms with Gasteiger partial charge in [-0.2, -0.15) is 13.2 Å². The van der Waals surface area contributed by atoms with Gasteiger partial charge in [0.05, 0.1) is 16.7 Å². The lowest BCUT2D eigenvalue weighted by Crippen LogP contribution is -2.29. The summed E-state index contributed by atoms with van der Waals surface area (Å²) in [6, 6.07) is 2.27. The molecule has 0 saturated heterocycles. The molecule has 0 aliphatic heterocycles. The molecule has 0 aliphatic rings. The molecule has 0 radical (unpaired) electrons. The fourth-order valence-corrected chi connectivity index (χ4v) is 2.46. The van der Waals surface area contributed by atoms with Crippen molar-refractivity contribution < 1.29 is 22.7 Å². The quantitative estimate of drug-likeness (QED) is 0.903. The molecular weight excluding hydrogens is 331 g/mol. The van der Waals surface area contributed by atoms with Crippen molar-refractivity contribution in [2.24, 2.45) is 0 Å². The number of carbonyl (C=O) groups excluding carboxylic acids is 1. The average molecular weight is 345 g/mol. The second kappa shape index (κ2) is 6.95. The van der Waals surface area contributed by atoms with Gasteiger partial charge in [0.1, 0.15) is 0 Å². The Balaban J connectivity index is 2.10. The number of pyridine rings is 1. The third kappa shape index (κ3) is 4.92. The van der Waals surface area contributed by atoms with Gasteiger partial charge in [0, 0.05) is 11.6 Å². The third-order valence-electron chi connectivity index (χ3n) is 2.81. The number of nitrogens with zero attached hydrogens (tertiary/aromatic N) is 2. The molecule has 0 aliphatic carbocycles. The minimum atomic E-state index is -4.49. The van der Waals surface area contributed by atoms with E-state index in [4.69, 9.17) is 0 Å². The fraction of sp³-hybridized carbons (Fsp3) is 0.357. The van der Waals surface area contributed by atoms with E-state index in [0.29, 0.717) is 5.69 Å². The van der Waals surface area contributed by atoms with Crippen LogP contribution < -0.4 is 10.1 Å². The van der Waals surface area contributed by atoms with Gasteiger partial charge in [0.25, 0.3) is 5.91 Å². The number of carbonyl (C=O) groups is 1. The number of aryl methyl sites for hydroxylation is 1. The van der Waals surface area contributed by atoms with Crippen molar-refractivity contribution in [3.63, 3.8) is 0 Å². The van der Waals surface area contributed by atoms with E-state index in [9.17, 15) is 18.0 Å². The predicted octanol–water partition coefficient (Wildman–Crippen LogP) is 3.28. The molecule has 0 unspecified atom stereocenters. The van der Waals surface area contributed by atoms with Gasteiger partial charge in [0.15, 0.2) is 18.1 Å². The standard InChI is InChI=1S/C14H14F3N3O2S/c1-8(10-6-23-9(2)20-10)19-13(21)12-11(4-3-5-18-12)22-7-14(15,16)17/h3-6,8H,7H2,1-2H3,(H,19,21)/t8-/m0/s1. The van der Waals surface area contributed by atoms with Gasteiger partial charge in [-0.1, -0.05) is 0 Å². The van der Waals surface area contributed by atoms with Gasteiger partial charge in [-0.05, 0) is 26.0 Å². The number of nitrogens with one attached hydrogen (secondary N) is 1. The van der Waals surface area contributed by atoms with Crippen LogP contribution in [0.25, 0.3) is 0 Å². The maximum Gasteiger partial charge on any atom is 0.422 e. The van der Waals surface area contributed by atoms with Crippen LogP contribution in [-0.4, -0.2) is 28.7 Å². The second-order valence-corrected chi connectivity index (χ2v) is 5.80. The SMILES string of the molecule is Cc1nc([C@H](C)NC(=O)c2ncccc2OCC(F)(F)F)cs1. The van der Waals surface area contributed by atoms with Crippen molar-refractivity contribution in [1.29, 1.82) is 0 Å². The van der Waals surface area contributed by atoms with Gasteiger partial charge in [-0.15, -0.1) is 11.3 Å². The van der Waals surface area contributed by atoms with E-state index < -0.39 is 24.7 Å². The summed E-state index contributed by atoms with van der Waals surface area (Å²) in [7, 11) is 0. The first-order valence-corrected chi connectivity index (χ1v) is 7.51. The summed E-state index contributed by atoms with van der Waals surface area (Å²) < 4.78 is 41.4. The van der Waals surface area contributed by atoms with Crippen LogP contribution in [0.4, 0.5) is 13.2 Å². The van der Waals surface area contributed by atoms with Crippen molar-refractivity contribution >= 4 is 17.2 Å². The van der Waals surface area contributed by atoms with E-state index >= 15 is 0 Å². The molecular formula is C14H14F3N3O2S.